The monoisotopic (exact) mass is 279 g/mol. The highest BCUT2D eigenvalue weighted by molar-refractivity contribution is 5.77. The molecule has 0 amide bonds. The van der Waals surface area contributed by atoms with Gasteiger partial charge < -0.3 is 9.88 Å². The highest BCUT2D eigenvalue weighted by Crippen LogP contribution is 2.26. The van der Waals surface area contributed by atoms with Crippen molar-refractivity contribution in [2.45, 2.75) is 18.8 Å². The maximum Gasteiger partial charge on any atom is 0.250 e. The van der Waals surface area contributed by atoms with Crippen LogP contribution in [-0.4, -0.2) is 40.9 Å². The second-order valence-electron chi connectivity index (χ2n) is 5.05. The van der Waals surface area contributed by atoms with E-state index in [1.165, 1.54) is 0 Å². The van der Waals surface area contributed by atoms with Crippen molar-refractivity contribution in [1.29, 1.82) is 0 Å². The number of rotatable bonds is 1. The van der Waals surface area contributed by atoms with Gasteiger partial charge in [0.15, 0.2) is 0 Å². The Morgan fingerprint density at radius 3 is 2.70 bits per heavy atom. The number of pyridine rings is 1. The van der Waals surface area contributed by atoms with Gasteiger partial charge in [-0.1, -0.05) is 12.7 Å². The van der Waals surface area contributed by atoms with Crippen LogP contribution in [0.1, 0.15) is 18.4 Å². The number of piperidine rings is 1. The first kappa shape index (κ1) is 14.7. The van der Waals surface area contributed by atoms with Crippen molar-refractivity contribution in [3.05, 3.63) is 36.7 Å². The number of nitrogens with one attached hydrogen (secondary N) is 1. The first-order chi connectivity index (χ1) is 9.50. The maximum atomic E-state index is 12.4. The van der Waals surface area contributed by atoms with E-state index in [4.69, 9.17) is 0 Å². The number of aromatic amines is 1. The Balaban J connectivity index is 0.000000151. The first-order valence-corrected chi connectivity index (χ1v) is 6.62. The van der Waals surface area contributed by atoms with Crippen LogP contribution < -0.4 is 0 Å². The number of aromatic nitrogens is 2. The molecule has 0 unspecified atom stereocenters. The van der Waals surface area contributed by atoms with Gasteiger partial charge in [-0.05, 0) is 24.7 Å². The minimum absolute atomic E-state index is 0.0312. The van der Waals surface area contributed by atoms with Crippen molar-refractivity contribution in [3.8, 4) is 0 Å². The number of halogens is 2. The van der Waals surface area contributed by atoms with Gasteiger partial charge in [0.05, 0.1) is 0 Å². The zero-order valence-electron chi connectivity index (χ0n) is 11.6. The number of hydrogen-bond acceptors (Lipinski definition) is 2. The molecule has 0 atom stereocenters. The smallest absolute Gasteiger partial charge is 0.250 e. The molecule has 5 heteroatoms. The fourth-order valence-corrected chi connectivity index (χ4v) is 2.01. The van der Waals surface area contributed by atoms with Crippen molar-refractivity contribution >= 4 is 17.1 Å². The van der Waals surface area contributed by atoms with Crippen LogP contribution in [0, 0.1) is 0 Å². The van der Waals surface area contributed by atoms with Crippen molar-refractivity contribution in [2.75, 3.05) is 20.1 Å². The topological polar surface area (TPSA) is 31.9 Å². The predicted octanol–water partition coefficient (Wildman–Crippen LogP) is 3.55. The summed E-state index contributed by atoms with van der Waals surface area (Å²) >= 11 is 0. The Hall–Kier alpha value is -1.75. The largest absolute Gasteiger partial charge is 0.346 e. The molecule has 1 saturated heterocycles. The number of alkyl halides is 2. The molecule has 1 N–H and O–H groups in total. The first-order valence-electron chi connectivity index (χ1n) is 6.62. The summed E-state index contributed by atoms with van der Waals surface area (Å²) in [5.41, 5.74) is 1.98. The number of nitrogens with zero attached hydrogens (tertiary/aromatic N) is 2. The molecule has 0 saturated carbocycles. The molecular weight excluding hydrogens is 260 g/mol. The van der Waals surface area contributed by atoms with Crippen molar-refractivity contribution in [2.24, 2.45) is 0 Å². The molecule has 0 aromatic carbocycles. The van der Waals surface area contributed by atoms with E-state index >= 15 is 0 Å². The van der Waals surface area contributed by atoms with E-state index in [0.29, 0.717) is 13.1 Å². The van der Waals surface area contributed by atoms with E-state index in [-0.39, 0.29) is 12.8 Å². The highest BCUT2D eigenvalue weighted by atomic mass is 19.3. The van der Waals surface area contributed by atoms with Crippen LogP contribution >= 0.6 is 0 Å². The second kappa shape index (κ2) is 6.13. The SMILES string of the molecule is C=Cc1cnc2[nH]ccc2c1.CN1CCC(F)(F)CC1. The van der Waals surface area contributed by atoms with Gasteiger partial charge in [0.1, 0.15) is 5.65 Å². The molecule has 108 valence electrons. The predicted molar refractivity (Wildman–Crippen MR) is 77.9 cm³/mol. The summed E-state index contributed by atoms with van der Waals surface area (Å²) in [4.78, 5) is 9.14. The van der Waals surface area contributed by atoms with Gasteiger partial charge >= 0.3 is 0 Å². The highest BCUT2D eigenvalue weighted by Gasteiger charge is 2.32. The van der Waals surface area contributed by atoms with Crippen LogP contribution in [0.3, 0.4) is 0 Å². The van der Waals surface area contributed by atoms with E-state index in [0.717, 1.165) is 16.6 Å². The third-order valence-electron chi connectivity index (χ3n) is 3.38. The normalized spacial score (nSPS) is 18.4. The summed E-state index contributed by atoms with van der Waals surface area (Å²) in [5, 5.41) is 1.13. The second-order valence-corrected chi connectivity index (χ2v) is 5.05. The zero-order chi connectivity index (χ0) is 14.6. The molecule has 20 heavy (non-hydrogen) atoms. The number of H-pyrrole nitrogens is 1. The summed E-state index contributed by atoms with van der Waals surface area (Å²) < 4.78 is 24.7. The lowest BCUT2D eigenvalue weighted by atomic mass is 10.1. The molecule has 1 aliphatic heterocycles. The lowest BCUT2D eigenvalue weighted by Gasteiger charge is -2.28. The average molecular weight is 279 g/mol. The Labute approximate surface area is 117 Å². The summed E-state index contributed by atoms with van der Waals surface area (Å²) in [6, 6.07) is 4.04. The third kappa shape index (κ3) is 3.87. The minimum atomic E-state index is -2.38. The van der Waals surface area contributed by atoms with E-state index in [9.17, 15) is 8.78 Å². The van der Waals surface area contributed by atoms with E-state index in [1.807, 2.05) is 30.3 Å². The lowest BCUT2D eigenvalue weighted by molar-refractivity contribution is -0.0504. The summed E-state index contributed by atoms with van der Waals surface area (Å²) in [5.74, 6) is -2.38. The minimum Gasteiger partial charge on any atom is -0.346 e. The Kier molecular flexibility index (Phi) is 4.49. The van der Waals surface area contributed by atoms with Crippen LogP contribution in [0.2, 0.25) is 0 Å². The fraction of sp³-hybridized carbons (Fsp3) is 0.400. The van der Waals surface area contributed by atoms with E-state index < -0.39 is 5.92 Å². The van der Waals surface area contributed by atoms with Gasteiger partial charge in [-0.15, -0.1) is 0 Å². The average Bonchev–Trinajstić information content (AvgIpc) is 2.90. The number of fused-ring (bicyclic) bond motifs is 1. The maximum absolute atomic E-state index is 12.4. The quantitative estimate of drug-likeness (QED) is 0.865. The molecule has 0 radical (unpaired) electrons. The van der Waals surface area contributed by atoms with E-state index in [1.54, 1.807) is 12.3 Å². The number of likely N-dealkylation sites (tertiary alicyclic amines) is 1. The van der Waals surface area contributed by atoms with Crippen molar-refractivity contribution in [3.63, 3.8) is 0 Å². The van der Waals surface area contributed by atoms with Gasteiger partial charge in [-0.2, -0.15) is 0 Å². The van der Waals surface area contributed by atoms with Gasteiger partial charge in [0.2, 0.25) is 0 Å². The molecule has 1 aliphatic rings. The molecule has 3 nitrogen and oxygen atoms in total. The molecule has 2 aromatic rings. The van der Waals surface area contributed by atoms with Gasteiger partial charge in [0, 0.05) is 43.7 Å². The van der Waals surface area contributed by atoms with Crippen LogP contribution in [0.15, 0.2) is 31.1 Å². The van der Waals surface area contributed by atoms with Gasteiger partial charge in [-0.25, -0.2) is 13.8 Å². The van der Waals surface area contributed by atoms with Crippen LogP contribution in [-0.2, 0) is 0 Å². The lowest BCUT2D eigenvalue weighted by Crippen LogP contribution is -2.36. The Bertz CT molecular complexity index is 567. The van der Waals surface area contributed by atoms with Crippen LogP contribution in [0.4, 0.5) is 8.78 Å². The summed E-state index contributed by atoms with van der Waals surface area (Å²) in [7, 11) is 1.87. The van der Waals surface area contributed by atoms with Gasteiger partial charge in [0.25, 0.3) is 5.92 Å². The Morgan fingerprint density at radius 2 is 2.10 bits per heavy atom. The molecule has 3 heterocycles. The summed E-state index contributed by atoms with van der Waals surface area (Å²) in [6.45, 7) is 4.74. The molecule has 0 spiro atoms. The van der Waals surface area contributed by atoms with Crippen molar-refractivity contribution < 1.29 is 8.78 Å². The van der Waals surface area contributed by atoms with Crippen LogP contribution in [0.5, 0.6) is 0 Å². The summed E-state index contributed by atoms with van der Waals surface area (Å²) in [6.07, 6.45) is 5.53. The molecule has 1 fully saturated rings. The molecule has 0 bridgehead atoms. The van der Waals surface area contributed by atoms with E-state index in [2.05, 4.69) is 16.5 Å². The number of hydrogen-bond donors (Lipinski definition) is 1. The van der Waals surface area contributed by atoms with Crippen molar-refractivity contribution in [1.82, 2.24) is 14.9 Å². The standard InChI is InChI=1S/C9H8N2.C6H11F2N/c1-2-7-5-8-3-4-10-9(8)11-6-7;1-9-4-2-6(7,8)3-5-9/h2-6H,1H2,(H,10,11);2-5H2,1H3. The molecule has 2 aromatic heterocycles. The third-order valence-corrected chi connectivity index (χ3v) is 3.38. The Morgan fingerprint density at radius 1 is 1.40 bits per heavy atom. The molecular formula is C15H19F2N3. The van der Waals surface area contributed by atoms with Gasteiger partial charge in [-0.3, -0.25) is 0 Å². The molecule has 3 rings (SSSR count). The fourth-order valence-electron chi connectivity index (χ4n) is 2.01. The van der Waals surface area contributed by atoms with Crippen LogP contribution in [0.25, 0.3) is 17.1 Å². The zero-order valence-corrected chi connectivity index (χ0v) is 11.6. The molecule has 0 aliphatic carbocycles.